The molecule has 0 aliphatic heterocycles. The van der Waals surface area contributed by atoms with Crippen molar-refractivity contribution < 1.29 is 32.6 Å². The number of ether oxygens (including phenoxy) is 3. The number of carbonyl (C=O) groups excluding carboxylic acids is 2. The Morgan fingerprint density at radius 3 is 2.39 bits per heavy atom. The Labute approximate surface area is 160 Å². The van der Waals surface area contributed by atoms with Gasteiger partial charge < -0.3 is 18.6 Å². The molecule has 0 bridgehead atoms. The van der Waals surface area contributed by atoms with Gasteiger partial charge in [0.15, 0.2) is 6.61 Å². The first-order valence-electron chi connectivity index (χ1n) is 8.30. The Bertz CT molecular complexity index is 990. The van der Waals surface area contributed by atoms with Crippen molar-refractivity contribution in [1.82, 2.24) is 0 Å². The summed E-state index contributed by atoms with van der Waals surface area (Å²) in [6.07, 6.45) is 0. The maximum absolute atomic E-state index is 13.0. The zero-order chi connectivity index (χ0) is 20.1. The molecule has 0 amide bonds. The van der Waals surface area contributed by atoms with Gasteiger partial charge in [-0.3, -0.25) is 4.79 Å². The number of esters is 1. The molecule has 0 N–H and O–H groups in total. The second-order valence-corrected chi connectivity index (χ2v) is 5.74. The maximum atomic E-state index is 13.0. The largest absolute Gasteiger partial charge is 0.497 e. The third-order valence-electron chi connectivity index (χ3n) is 3.98. The Morgan fingerprint density at radius 1 is 0.964 bits per heavy atom. The van der Waals surface area contributed by atoms with E-state index in [4.69, 9.17) is 18.6 Å². The Balaban J connectivity index is 1.67. The molecule has 1 heterocycles. The van der Waals surface area contributed by atoms with Crippen LogP contribution in [0.5, 0.6) is 11.5 Å². The number of hydrogen-bond acceptors (Lipinski definition) is 6. The van der Waals surface area contributed by atoms with E-state index in [-0.39, 0.29) is 17.1 Å². The molecule has 0 spiro atoms. The lowest BCUT2D eigenvalue weighted by atomic mass is 10.1. The zero-order valence-corrected chi connectivity index (χ0v) is 15.2. The highest BCUT2D eigenvalue weighted by Crippen LogP contribution is 2.25. The molecule has 0 fully saturated rings. The number of Topliss-reactive ketones (excluding diaryl/α,β-unsaturated/α-hetero) is 1. The highest BCUT2D eigenvalue weighted by Gasteiger charge is 2.19. The average Bonchev–Trinajstić information content (AvgIpc) is 3.22. The average molecular weight is 384 g/mol. The third-order valence-corrected chi connectivity index (χ3v) is 3.98. The van der Waals surface area contributed by atoms with Crippen molar-refractivity contribution in [3.8, 4) is 22.8 Å². The standard InChI is InChI=1S/C21H17FO6/c1-25-15-7-8-19(26-2)16(11-15)17(23)12-27-21(24)20-10-9-18(28-20)13-3-5-14(22)6-4-13/h3-11H,12H2,1-2H3. The number of halogens is 1. The van der Waals surface area contributed by atoms with Crippen LogP contribution < -0.4 is 9.47 Å². The smallest absolute Gasteiger partial charge is 0.374 e. The van der Waals surface area contributed by atoms with Crippen molar-refractivity contribution in [1.29, 1.82) is 0 Å². The van der Waals surface area contributed by atoms with Gasteiger partial charge in [-0.1, -0.05) is 0 Å². The molecular formula is C21H17FO6. The number of carbonyl (C=O) groups is 2. The summed E-state index contributed by atoms with van der Waals surface area (Å²) in [6.45, 7) is -0.491. The van der Waals surface area contributed by atoms with Crippen molar-refractivity contribution in [2.24, 2.45) is 0 Å². The van der Waals surface area contributed by atoms with Crippen molar-refractivity contribution in [2.75, 3.05) is 20.8 Å². The molecular weight excluding hydrogens is 367 g/mol. The molecule has 0 aliphatic rings. The summed E-state index contributed by atoms with van der Waals surface area (Å²) < 4.78 is 33.7. The van der Waals surface area contributed by atoms with E-state index in [1.54, 1.807) is 18.2 Å². The predicted molar refractivity (Wildman–Crippen MR) is 98.3 cm³/mol. The van der Waals surface area contributed by atoms with E-state index < -0.39 is 18.4 Å². The van der Waals surface area contributed by atoms with Crippen LogP contribution in [0.2, 0.25) is 0 Å². The number of ketones is 1. The molecule has 28 heavy (non-hydrogen) atoms. The minimum atomic E-state index is -0.788. The molecule has 7 heteroatoms. The van der Waals surface area contributed by atoms with Crippen LogP contribution in [0.25, 0.3) is 11.3 Å². The van der Waals surface area contributed by atoms with Crippen molar-refractivity contribution >= 4 is 11.8 Å². The lowest BCUT2D eigenvalue weighted by molar-refractivity contribution is 0.0444. The fourth-order valence-corrected chi connectivity index (χ4v) is 2.53. The minimum absolute atomic E-state index is 0.0651. The molecule has 0 unspecified atom stereocenters. The van der Waals surface area contributed by atoms with Gasteiger partial charge in [0.1, 0.15) is 23.1 Å². The predicted octanol–water partition coefficient (Wildman–Crippen LogP) is 4.14. The number of furan rings is 1. The molecule has 0 saturated heterocycles. The lowest BCUT2D eigenvalue weighted by Crippen LogP contribution is -2.14. The van der Waals surface area contributed by atoms with Crippen LogP contribution in [0, 0.1) is 5.82 Å². The summed E-state index contributed by atoms with van der Waals surface area (Å²) in [6, 6.07) is 13.4. The van der Waals surface area contributed by atoms with Gasteiger partial charge in [0.25, 0.3) is 0 Å². The SMILES string of the molecule is COc1ccc(OC)c(C(=O)COC(=O)c2ccc(-c3ccc(F)cc3)o2)c1. The summed E-state index contributed by atoms with van der Waals surface area (Å²) >= 11 is 0. The van der Waals surface area contributed by atoms with Crippen LogP contribution in [0.3, 0.4) is 0 Å². The molecule has 6 nitrogen and oxygen atoms in total. The van der Waals surface area contributed by atoms with Gasteiger partial charge in [-0.25, -0.2) is 9.18 Å². The van der Waals surface area contributed by atoms with E-state index in [1.165, 1.54) is 50.6 Å². The molecule has 0 aliphatic carbocycles. The van der Waals surface area contributed by atoms with Gasteiger partial charge in [0.2, 0.25) is 11.5 Å². The van der Waals surface area contributed by atoms with Crippen LogP contribution >= 0.6 is 0 Å². The summed E-state index contributed by atoms with van der Waals surface area (Å²) in [5.74, 6) is -0.472. The molecule has 1 aromatic heterocycles. The van der Waals surface area contributed by atoms with Gasteiger partial charge >= 0.3 is 5.97 Å². The Hall–Kier alpha value is -3.61. The Morgan fingerprint density at radius 2 is 1.71 bits per heavy atom. The fraction of sp³-hybridized carbons (Fsp3) is 0.143. The fourth-order valence-electron chi connectivity index (χ4n) is 2.53. The number of hydrogen-bond donors (Lipinski definition) is 0. The van der Waals surface area contributed by atoms with Crippen LogP contribution in [-0.2, 0) is 4.74 Å². The normalized spacial score (nSPS) is 10.4. The molecule has 3 rings (SSSR count). The molecule has 0 radical (unpaired) electrons. The second-order valence-electron chi connectivity index (χ2n) is 5.74. The summed E-state index contributed by atoms with van der Waals surface area (Å²) in [7, 11) is 2.91. The summed E-state index contributed by atoms with van der Waals surface area (Å²) in [5.41, 5.74) is 0.846. The molecule has 0 saturated carbocycles. The van der Waals surface area contributed by atoms with Gasteiger partial charge in [0, 0.05) is 5.56 Å². The summed E-state index contributed by atoms with van der Waals surface area (Å²) in [5, 5.41) is 0. The van der Waals surface area contributed by atoms with Gasteiger partial charge in [-0.15, -0.1) is 0 Å². The van der Waals surface area contributed by atoms with E-state index in [0.717, 1.165) is 0 Å². The highest BCUT2D eigenvalue weighted by atomic mass is 19.1. The molecule has 144 valence electrons. The molecule has 3 aromatic rings. The monoisotopic (exact) mass is 384 g/mol. The van der Waals surface area contributed by atoms with E-state index >= 15 is 0 Å². The Kier molecular flexibility index (Phi) is 5.74. The van der Waals surface area contributed by atoms with Crippen LogP contribution in [0.15, 0.2) is 59.0 Å². The molecule has 2 aromatic carbocycles. The van der Waals surface area contributed by atoms with E-state index in [1.807, 2.05) is 0 Å². The topological polar surface area (TPSA) is 75.0 Å². The quantitative estimate of drug-likeness (QED) is 0.450. The van der Waals surface area contributed by atoms with E-state index in [0.29, 0.717) is 22.8 Å². The van der Waals surface area contributed by atoms with E-state index in [9.17, 15) is 14.0 Å². The first-order valence-corrected chi connectivity index (χ1v) is 8.30. The van der Waals surface area contributed by atoms with Crippen LogP contribution in [0.4, 0.5) is 4.39 Å². The number of benzene rings is 2. The molecule has 0 atom stereocenters. The van der Waals surface area contributed by atoms with Crippen molar-refractivity contribution in [3.05, 3.63) is 71.7 Å². The zero-order valence-electron chi connectivity index (χ0n) is 15.2. The van der Waals surface area contributed by atoms with Crippen LogP contribution in [-0.4, -0.2) is 32.6 Å². The highest BCUT2D eigenvalue weighted by molar-refractivity contribution is 6.01. The van der Waals surface area contributed by atoms with Gasteiger partial charge in [0.05, 0.1) is 19.8 Å². The maximum Gasteiger partial charge on any atom is 0.374 e. The number of rotatable bonds is 7. The first kappa shape index (κ1) is 19.2. The van der Waals surface area contributed by atoms with E-state index in [2.05, 4.69) is 0 Å². The number of methoxy groups -OCH3 is 2. The van der Waals surface area contributed by atoms with Crippen molar-refractivity contribution in [2.45, 2.75) is 0 Å². The first-order chi connectivity index (χ1) is 13.5. The van der Waals surface area contributed by atoms with Gasteiger partial charge in [-0.05, 0) is 54.6 Å². The minimum Gasteiger partial charge on any atom is -0.497 e. The van der Waals surface area contributed by atoms with Crippen LogP contribution in [0.1, 0.15) is 20.9 Å². The van der Waals surface area contributed by atoms with Gasteiger partial charge in [-0.2, -0.15) is 0 Å². The summed E-state index contributed by atoms with van der Waals surface area (Å²) in [4.78, 5) is 24.6. The third kappa shape index (κ3) is 4.20. The second kappa shape index (κ2) is 8.39. The lowest BCUT2D eigenvalue weighted by Gasteiger charge is -2.09. The van der Waals surface area contributed by atoms with Crippen molar-refractivity contribution in [3.63, 3.8) is 0 Å².